The molecule has 0 aliphatic rings. The normalized spacial score (nSPS) is 10.6. The molecule has 25 heavy (non-hydrogen) atoms. The highest BCUT2D eigenvalue weighted by atomic mass is 35.5. The predicted octanol–water partition coefficient (Wildman–Crippen LogP) is 3.22. The Balaban J connectivity index is 1.75. The van der Waals surface area contributed by atoms with Gasteiger partial charge in [0.05, 0.1) is 6.21 Å². The molecule has 0 saturated carbocycles. The molecule has 0 aliphatic carbocycles. The topological polar surface area (TPSA) is 90.8 Å². The van der Waals surface area contributed by atoms with Gasteiger partial charge in [0.15, 0.2) is 0 Å². The third-order valence-electron chi connectivity index (χ3n) is 3.31. The molecule has 2 aromatic carbocycles. The molecule has 0 unspecified atom stereocenters. The number of anilines is 1. The fourth-order valence-electron chi connectivity index (χ4n) is 1.96. The molecule has 0 aliphatic heterocycles. The number of nitrogens with one attached hydrogen (secondary N) is 2. The van der Waals surface area contributed by atoms with Gasteiger partial charge < -0.3 is 10.4 Å². The van der Waals surface area contributed by atoms with Crippen molar-refractivity contribution in [2.45, 2.75) is 19.8 Å². The number of phenols is 1. The van der Waals surface area contributed by atoms with Gasteiger partial charge in [-0.05, 0) is 42.3 Å². The molecule has 2 aromatic rings. The number of hydrogen-bond donors (Lipinski definition) is 3. The quantitative estimate of drug-likeness (QED) is 0.546. The number of aryl methyl sites for hydroxylation is 1. The third-order valence-corrected chi connectivity index (χ3v) is 3.71. The lowest BCUT2D eigenvalue weighted by Crippen LogP contribution is -2.20. The van der Waals surface area contributed by atoms with E-state index in [1.54, 1.807) is 30.3 Å². The smallest absolute Gasteiger partial charge is 0.240 e. The number of phenolic OH excluding ortho intramolecular Hbond substituents is 1. The van der Waals surface area contributed by atoms with E-state index < -0.39 is 0 Å². The lowest BCUT2D eigenvalue weighted by atomic mass is 10.2. The molecule has 0 bridgehead atoms. The number of carbonyl (C=O) groups excluding carboxylic acids is 2. The van der Waals surface area contributed by atoms with E-state index in [1.807, 2.05) is 6.92 Å². The maximum Gasteiger partial charge on any atom is 0.240 e. The number of nitrogens with zero attached hydrogens (tertiary/aromatic N) is 1. The van der Waals surface area contributed by atoms with Crippen LogP contribution in [0, 0.1) is 6.92 Å². The monoisotopic (exact) mass is 359 g/mol. The first-order valence-electron chi connectivity index (χ1n) is 7.61. The van der Waals surface area contributed by atoms with Crippen LogP contribution in [0.25, 0.3) is 0 Å². The van der Waals surface area contributed by atoms with E-state index in [-0.39, 0.29) is 30.4 Å². The van der Waals surface area contributed by atoms with Crippen LogP contribution in [0.3, 0.4) is 0 Å². The lowest BCUT2D eigenvalue weighted by Gasteiger charge is -2.06. The average Bonchev–Trinajstić information content (AvgIpc) is 2.56. The van der Waals surface area contributed by atoms with Gasteiger partial charge in [-0.1, -0.05) is 29.8 Å². The molecule has 0 fully saturated rings. The van der Waals surface area contributed by atoms with Crippen molar-refractivity contribution in [1.82, 2.24) is 5.43 Å². The number of hydrogen-bond acceptors (Lipinski definition) is 4. The number of rotatable bonds is 6. The molecule has 2 amide bonds. The Morgan fingerprint density at radius 2 is 1.92 bits per heavy atom. The minimum atomic E-state index is -0.381. The highest BCUT2D eigenvalue weighted by Crippen LogP contribution is 2.20. The van der Waals surface area contributed by atoms with E-state index in [4.69, 9.17) is 11.6 Å². The van der Waals surface area contributed by atoms with Crippen LogP contribution in [0.2, 0.25) is 5.02 Å². The summed E-state index contributed by atoms with van der Waals surface area (Å²) in [4.78, 5) is 23.5. The molecule has 130 valence electrons. The molecule has 0 atom stereocenters. The predicted molar refractivity (Wildman–Crippen MR) is 97.9 cm³/mol. The SMILES string of the molecule is Cc1ccc(NC(=O)CCC(=O)NN=Cc2cccc(O)c2)cc1Cl. The Labute approximate surface area is 150 Å². The Morgan fingerprint density at radius 1 is 1.16 bits per heavy atom. The summed E-state index contributed by atoms with van der Waals surface area (Å²) >= 11 is 6.00. The Hall–Kier alpha value is -2.86. The van der Waals surface area contributed by atoms with Gasteiger partial charge in [-0.15, -0.1) is 0 Å². The molecule has 2 rings (SSSR count). The number of carbonyl (C=O) groups is 2. The van der Waals surface area contributed by atoms with E-state index in [0.717, 1.165) is 5.56 Å². The van der Waals surface area contributed by atoms with Crippen LogP contribution in [0.5, 0.6) is 5.75 Å². The molecule has 7 heteroatoms. The average molecular weight is 360 g/mol. The second kappa shape index (κ2) is 8.84. The van der Waals surface area contributed by atoms with Gasteiger partial charge in [0.1, 0.15) is 5.75 Å². The first-order chi connectivity index (χ1) is 11.9. The number of amides is 2. The van der Waals surface area contributed by atoms with Gasteiger partial charge in [-0.3, -0.25) is 9.59 Å². The zero-order chi connectivity index (χ0) is 18.2. The van der Waals surface area contributed by atoms with Crippen molar-refractivity contribution in [3.63, 3.8) is 0 Å². The molecule has 0 heterocycles. The van der Waals surface area contributed by atoms with E-state index in [9.17, 15) is 14.7 Å². The minimum Gasteiger partial charge on any atom is -0.508 e. The summed E-state index contributed by atoms with van der Waals surface area (Å²) < 4.78 is 0. The van der Waals surface area contributed by atoms with Crippen molar-refractivity contribution < 1.29 is 14.7 Å². The van der Waals surface area contributed by atoms with Crippen molar-refractivity contribution in [3.8, 4) is 5.75 Å². The van der Waals surface area contributed by atoms with Gasteiger partial charge in [0.2, 0.25) is 11.8 Å². The standard InChI is InChI=1S/C18H18ClN3O3/c1-12-5-6-14(10-16(12)19)21-17(24)7-8-18(25)22-20-11-13-3-2-4-15(23)9-13/h2-6,9-11,23H,7-8H2,1H3,(H,21,24)(H,22,25). The first kappa shape index (κ1) is 18.5. The minimum absolute atomic E-state index is 0.00278. The summed E-state index contributed by atoms with van der Waals surface area (Å²) in [6.07, 6.45) is 1.44. The Morgan fingerprint density at radius 3 is 2.64 bits per heavy atom. The van der Waals surface area contributed by atoms with Crippen molar-refractivity contribution in [2.24, 2.45) is 5.10 Å². The summed E-state index contributed by atoms with van der Waals surface area (Å²) in [5.41, 5.74) is 4.49. The van der Waals surface area contributed by atoms with Crippen molar-refractivity contribution in [3.05, 3.63) is 58.6 Å². The summed E-state index contributed by atoms with van der Waals surface area (Å²) in [5, 5.41) is 16.4. The Kier molecular flexibility index (Phi) is 6.54. The van der Waals surface area contributed by atoms with Crippen molar-refractivity contribution in [1.29, 1.82) is 0 Å². The maximum absolute atomic E-state index is 11.8. The summed E-state index contributed by atoms with van der Waals surface area (Å²) in [7, 11) is 0. The van der Waals surface area contributed by atoms with Crippen LogP contribution in [-0.4, -0.2) is 23.1 Å². The van der Waals surface area contributed by atoms with Gasteiger partial charge in [-0.25, -0.2) is 5.43 Å². The molecule has 3 N–H and O–H groups in total. The van der Waals surface area contributed by atoms with E-state index >= 15 is 0 Å². The molecule has 6 nitrogen and oxygen atoms in total. The van der Waals surface area contributed by atoms with Crippen LogP contribution < -0.4 is 10.7 Å². The third kappa shape index (κ3) is 6.27. The second-order valence-electron chi connectivity index (χ2n) is 5.40. The molecule has 0 radical (unpaired) electrons. The van der Waals surface area contributed by atoms with Gasteiger partial charge in [0.25, 0.3) is 0 Å². The number of hydrazone groups is 1. The maximum atomic E-state index is 11.8. The summed E-state index contributed by atoms with van der Waals surface area (Å²) in [6.45, 7) is 1.87. The van der Waals surface area contributed by atoms with Gasteiger partial charge in [0, 0.05) is 23.6 Å². The highest BCUT2D eigenvalue weighted by Gasteiger charge is 2.07. The fraction of sp³-hybridized carbons (Fsp3) is 0.167. The van der Waals surface area contributed by atoms with E-state index in [1.165, 1.54) is 18.3 Å². The fourth-order valence-corrected chi connectivity index (χ4v) is 2.14. The molecule has 0 spiro atoms. The van der Waals surface area contributed by atoms with E-state index in [0.29, 0.717) is 16.3 Å². The summed E-state index contributed by atoms with van der Waals surface area (Å²) in [6, 6.07) is 11.7. The highest BCUT2D eigenvalue weighted by molar-refractivity contribution is 6.31. The largest absolute Gasteiger partial charge is 0.508 e. The molecule has 0 aromatic heterocycles. The number of aromatic hydroxyl groups is 1. The molecular formula is C18H18ClN3O3. The van der Waals surface area contributed by atoms with Crippen molar-refractivity contribution >= 4 is 35.3 Å². The molecular weight excluding hydrogens is 342 g/mol. The van der Waals surface area contributed by atoms with E-state index in [2.05, 4.69) is 15.8 Å². The first-order valence-corrected chi connectivity index (χ1v) is 7.99. The zero-order valence-corrected chi connectivity index (χ0v) is 14.4. The van der Waals surface area contributed by atoms with Crippen LogP contribution >= 0.6 is 11.6 Å². The number of halogens is 1. The Bertz CT molecular complexity index is 806. The second-order valence-corrected chi connectivity index (χ2v) is 5.81. The van der Waals surface area contributed by atoms with Crippen LogP contribution in [0.4, 0.5) is 5.69 Å². The van der Waals surface area contributed by atoms with Crippen molar-refractivity contribution in [2.75, 3.05) is 5.32 Å². The van der Waals surface area contributed by atoms with Crippen LogP contribution in [0.1, 0.15) is 24.0 Å². The lowest BCUT2D eigenvalue weighted by molar-refractivity contribution is -0.124. The van der Waals surface area contributed by atoms with Crippen LogP contribution in [0.15, 0.2) is 47.6 Å². The van der Waals surface area contributed by atoms with Gasteiger partial charge >= 0.3 is 0 Å². The van der Waals surface area contributed by atoms with Crippen LogP contribution in [-0.2, 0) is 9.59 Å². The zero-order valence-electron chi connectivity index (χ0n) is 13.6. The molecule has 0 saturated heterocycles. The summed E-state index contributed by atoms with van der Waals surface area (Å²) in [5.74, 6) is -0.552. The number of benzene rings is 2. The van der Waals surface area contributed by atoms with Gasteiger partial charge in [-0.2, -0.15) is 5.10 Å².